The maximum atomic E-state index is 12.6. The molecule has 2 heterocycles. The van der Waals surface area contributed by atoms with E-state index in [1.54, 1.807) is 18.2 Å². The standard InChI is InChI=1S/C23H26ClN3O6S/c1-13(11-23(2,3)12-19-26-16-10-15(24)6-7-17(16)32-19)25-22(29)18-8-9-20(33-18)34(30,31)27-21(28)14-4-5-14/h6-10,13-14H,4-5,11-12H2,1-3H3,(H,25,29)(H,27,28)/t13-/m0/s1. The number of furan rings is 1. The van der Waals surface area contributed by atoms with Crippen LogP contribution in [0.2, 0.25) is 5.02 Å². The number of hydrogen-bond acceptors (Lipinski definition) is 7. The zero-order valence-corrected chi connectivity index (χ0v) is 20.6. The summed E-state index contributed by atoms with van der Waals surface area (Å²) in [4.78, 5) is 28.9. The number of amides is 2. The minimum atomic E-state index is -4.15. The molecular weight excluding hydrogens is 482 g/mol. The van der Waals surface area contributed by atoms with E-state index >= 15 is 0 Å². The second-order valence-electron chi connectivity index (χ2n) is 9.50. The van der Waals surface area contributed by atoms with Gasteiger partial charge in [-0.1, -0.05) is 25.4 Å². The molecule has 182 valence electrons. The fourth-order valence-electron chi connectivity index (χ4n) is 3.88. The number of halogens is 1. The van der Waals surface area contributed by atoms with Crippen molar-refractivity contribution in [1.82, 2.24) is 15.0 Å². The average molecular weight is 508 g/mol. The Morgan fingerprint density at radius 3 is 2.65 bits per heavy atom. The summed E-state index contributed by atoms with van der Waals surface area (Å²) in [5, 5.41) is 2.93. The highest BCUT2D eigenvalue weighted by Gasteiger charge is 2.34. The summed E-state index contributed by atoms with van der Waals surface area (Å²) in [7, 11) is -4.15. The van der Waals surface area contributed by atoms with Crippen LogP contribution in [-0.2, 0) is 21.2 Å². The van der Waals surface area contributed by atoms with E-state index in [1.165, 1.54) is 6.07 Å². The van der Waals surface area contributed by atoms with Crippen LogP contribution < -0.4 is 10.0 Å². The highest BCUT2D eigenvalue weighted by molar-refractivity contribution is 7.89. The molecule has 34 heavy (non-hydrogen) atoms. The van der Waals surface area contributed by atoms with E-state index < -0.39 is 26.9 Å². The van der Waals surface area contributed by atoms with E-state index in [9.17, 15) is 18.0 Å². The Morgan fingerprint density at radius 1 is 1.21 bits per heavy atom. The maximum absolute atomic E-state index is 12.6. The van der Waals surface area contributed by atoms with Gasteiger partial charge in [-0.2, -0.15) is 8.42 Å². The number of rotatable bonds is 9. The predicted molar refractivity (Wildman–Crippen MR) is 125 cm³/mol. The van der Waals surface area contributed by atoms with Gasteiger partial charge in [-0.05, 0) is 61.9 Å². The fourth-order valence-corrected chi connectivity index (χ4v) is 5.02. The Bertz CT molecular complexity index is 1340. The minimum absolute atomic E-state index is 0.153. The Hall–Kier alpha value is -2.85. The normalized spacial score (nSPS) is 15.3. The summed E-state index contributed by atoms with van der Waals surface area (Å²) in [5.74, 6) is -0.950. The number of nitrogens with one attached hydrogen (secondary N) is 2. The molecular formula is C23H26ClN3O6S. The molecule has 3 aromatic rings. The molecule has 11 heteroatoms. The molecule has 1 aliphatic rings. The molecule has 0 saturated heterocycles. The van der Waals surface area contributed by atoms with E-state index in [4.69, 9.17) is 20.4 Å². The second-order valence-corrected chi connectivity index (χ2v) is 11.6. The highest BCUT2D eigenvalue weighted by Crippen LogP contribution is 2.30. The number of carbonyl (C=O) groups is 2. The first-order chi connectivity index (χ1) is 15.9. The summed E-state index contributed by atoms with van der Waals surface area (Å²) in [6.07, 6.45) is 2.48. The molecule has 1 aromatic carbocycles. The summed E-state index contributed by atoms with van der Waals surface area (Å²) < 4.78 is 37.6. The van der Waals surface area contributed by atoms with Gasteiger partial charge in [0, 0.05) is 23.4 Å². The molecule has 1 fully saturated rings. The Labute approximate surface area is 202 Å². The van der Waals surface area contributed by atoms with Gasteiger partial charge in [0.2, 0.25) is 11.0 Å². The van der Waals surface area contributed by atoms with Gasteiger partial charge in [-0.15, -0.1) is 0 Å². The SMILES string of the molecule is C[C@@H](CC(C)(C)Cc1nc2cc(Cl)ccc2o1)NC(=O)c1ccc(S(=O)(=O)NC(=O)C2CC2)o1. The van der Waals surface area contributed by atoms with Crippen LogP contribution in [0.25, 0.3) is 11.1 Å². The van der Waals surface area contributed by atoms with Crippen molar-refractivity contribution >= 4 is 44.5 Å². The monoisotopic (exact) mass is 507 g/mol. The molecule has 4 rings (SSSR count). The van der Waals surface area contributed by atoms with E-state index in [-0.39, 0.29) is 23.1 Å². The van der Waals surface area contributed by atoms with Crippen LogP contribution in [0.15, 0.2) is 44.3 Å². The zero-order chi connectivity index (χ0) is 24.7. The number of oxazole rings is 1. The van der Waals surface area contributed by atoms with Crippen LogP contribution in [0.4, 0.5) is 0 Å². The number of fused-ring (bicyclic) bond motifs is 1. The lowest BCUT2D eigenvalue weighted by Crippen LogP contribution is -2.36. The van der Waals surface area contributed by atoms with Crippen molar-refractivity contribution in [3.63, 3.8) is 0 Å². The van der Waals surface area contributed by atoms with Crippen LogP contribution in [0.3, 0.4) is 0 Å². The Morgan fingerprint density at radius 2 is 1.94 bits per heavy atom. The molecule has 2 aromatic heterocycles. The van der Waals surface area contributed by atoms with Crippen molar-refractivity contribution in [2.24, 2.45) is 11.3 Å². The smallest absolute Gasteiger partial charge is 0.297 e. The van der Waals surface area contributed by atoms with Crippen molar-refractivity contribution in [2.45, 2.75) is 57.6 Å². The third kappa shape index (κ3) is 5.79. The van der Waals surface area contributed by atoms with Crippen LogP contribution in [0, 0.1) is 11.3 Å². The van der Waals surface area contributed by atoms with Gasteiger partial charge < -0.3 is 14.2 Å². The molecule has 9 nitrogen and oxygen atoms in total. The van der Waals surface area contributed by atoms with Gasteiger partial charge in [0.25, 0.3) is 15.9 Å². The van der Waals surface area contributed by atoms with Gasteiger partial charge in [-0.25, -0.2) is 9.71 Å². The zero-order valence-electron chi connectivity index (χ0n) is 19.1. The van der Waals surface area contributed by atoms with Gasteiger partial charge in [-0.3, -0.25) is 9.59 Å². The van der Waals surface area contributed by atoms with Crippen LogP contribution >= 0.6 is 11.6 Å². The molecule has 2 N–H and O–H groups in total. The summed E-state index contributed by atoms with van der Waals surface area (Å²) in [6, 6.07) is 7.45. The lowest BCUT2D eigenvalue weighted by Gasteiger charge is -2.27. The highest BCUT2D eigenvalue weighted by atomic mass is 35.5. The lowest BCUT2D eigenvalue weighted by atomic mass is 9.83. The summed E-state index contributed by atoms with van der Waals surface area (Å²) >= 11 is 6.01. The lowest BCUT2D eigenvalue weighted by molar-refractivity contribution is -0.120. The topological polar surface area (TPSA) is 132 Å². The van der Waals surface area contributed by atoms with Crippen molar-refractivity contribution in [1.29, 1.82) is 0 Å². The van der Waals surface area contributed by atoms with Crippen molar-refractivity contribution in [3.8, 4) is 0 Å². The quantitative estimate of drug-likeness (QED) is 0.446. The van der Waals surface area contributed by atoms with Crippen molar-refractivity contribution in [2.75, 3.05) is 0 Å². The largest absolute Gasteiger partial charge is 0.441 e. The first kappa shape index (κ1) is 24.3. The van der Waals surface area contributed by atoms with Crippen molar-refractivity contribution < 1.29 is 26.8 Å². The third-order valence-corrected chi connectivity index (χ3v) is 6.97. The van der Waals surface area contributed by atoms with Gasteiger partial charge in [0.15, 0.2) is 17.2 Å². The van der Waals surface area contributed by atoms with Crippen LogP contribution in [0.5, 0.6) is 0 Å². The third-order valence-electron chi connectivity index (χ3n) is 5.51. The maximum Gasteiger partial charge on any atom is 0.297 e. The molecule has 0 spiro atoms. The van der Waals surface area contributed by atoms with Gasteiger partial charge >= 0.3 is 0 Å². The molecule has 0 unspecified atom stereocenters. The molecule has 2 amide bonds. The first-order valence-electron chi connectivity index (χ1n) is 10.9. The number of benzene rings is 1. The van der Waals surface area contributed by atoms with E-state index in [0.29, 0.717) is 47.7 Å². The van der Waals surface area contributed by atoms with Gasteiger partial charge in [0.1, 0.15) is 5.52 Å². The average Bonchev–Trinajstić information content (AvgIpc) is 3.31. The van der Waals surface area contributed by atoms with Crippen molar-refractivity contribution in [3.05, 3.63) is 47.0 Å². The first-order valence-corrected chi connectivity index (χ1v) is 12.8. The van der Waals surface area contributed by atoms with E-state index in [2.05, 4.69) is 10.3 Å². The van der Waals surface area contributed by atoms with Crippen LogP contribution in [0.1, 0.15) is 56.5 Å². The number of carbonyl (C=O) groups excluding carboxylic acids is 2. The fraction of sp³-hybridized carbons (Fsp3) is 0.435. The second kappa shape index (κ2) is 9.07. The van der Waals surface area contributed by atoms with E-state index in [1.807, 2.05) is 25.5 Å². The molecule has 0 aliphatic heterocycles. The minimum Gasteiger partial charge on any atom is -0.441 e. The predicted octanol–water partition coefficient (Wildman–Crippen LogP) is 4.07. The number of sulfonamides is 1. The molecule has 1 aliphatic carbocycles. The molecule has 1 saturated carbocycles. The Kier molecular flexibility index (Phi) is 6.48. The molecule has 1 atom stereocenters. The summed E-state index contributed by atoms with van der Waals surface area (Å²) in [6.45, 7) is 5.93. The van der Waals surface area contributed by atoms with Crippen LogP contribution in [-0.4, -0.2) is 31.3 Å². The van der Waals surface area contributed by atoms with Gasteiger partial charge in [0.05, 0.1) is 0 Å². The van der Waals surface area contributed by atoms with E-state index in [0.717, 1.165) is 6.07 Å². The Balaban J connectivity index is 1.35. The summed E-state index contributed by atoms with van der Waals surface area (Å²) in [5.41, 5.74) is 1.09. The number of nitrogens with zero attached hydrogens (tertiary/aromatic N) is 1. The molecule has 0 bridgehead atoms. The number of aromatic nitrogens is 1. The number of hydrogen-bond donors (Lipinski definition) is 2. The molecule has 0 radical (unpaired) electrons.